The van der Waals surface area contributed by atoms with Gasteiger partial charge in [-0.2, -0.15) is 13.2 Å². The average Bonchev–Trinajstić information content (AvgIpc) is 3.28. The molecule has 0 unspecified atom stereocenters. The number of hydrogen-bond acceptors (Lipinski definition) is 6. The number of nitrogens with zero attached hydrogens (tertiary/aromatic N) is 1. The minimum atomic E-state index is -4.89. The first-order chi connectivity index (χ1) is 17.8. The van der Waals surface area contributed by atoms with Crippen LogP contribution in [-0.2, 0) is 9.59 Å². The number of aliphatic hydroxyl groups is 2. The van der Waals surface area contributed by atoms with Gasteiger partial charge in [0.05, 0.1) is 17.7 Å². The lowest BCUT2D eigenvalue weighted by atomic mass is 10.0. The summed E-state index contributed by atoms with van der Waals surface area (Å²) in [5.41, 5.74) is 4.71. The Bertz CT molecular complexity index is 1260. The number of aromatic nitrogens is 1. The monoisotopic (exact) mass is 557 g/mol. The summed E-state index contributed by atoms with van der Waals surface area (Å²) in [5, 5.41) is 23.7. The Labute approximate surface area is 220 Å². The van der Waals surface area contributed by atoms with Crippen LogP contribution < -0.4 is 16.0 Å². The highest BCUT2D eigenvalue weighted by Gasteiger charge is 2.36. The van der Waals surface area contributed by atoms with Crippen LogP contribution in [-0.4, -0.2) is 83.0 Å². The van der Waals surface area contributed by atoms with Gasteiger partial charge in [0.15, 0.2) is 0 Å². The molecule has 3 heterocycles. The largest absolute Gasteiger partial charge is 0.439 e. The Balaban J connectivity index is 0.000000505. The van der Waals surface area contributed by atoms with E-state index in [1.54, 1.807) is 24.3 Å². The Morgan fingerprint density at radius 3 is 2.58 bits per heavy atom. The van der Waals surface area contributed by atoms with E-state index in [0.29, 0.717) is 53.7 Å². The number of benzene rings is 1. The Hall–Kier alpha value is -3.39. The van der Waals surface area contributed by atoms with Gasteiger partial charge < -0.3 is 31.1 Å². The van der Waals surface area contributed by atoms with E-state index in [9.17, 15) is 27.6 Å². The van der Waals surface area contributed by atoms with Crippen molar-refractivity contribution in [2.75, 3.05) is 38.0 Å². The van der Waals surface area contributed by atoms with Gasteiger partial charge in [0.1, 0.15) is 0 Å². The molecule has 0 spiro atoms. The van der Waals surface area contributed by atoms with E-state index in [4.69, 9.17) is 21.8 Å². The van der Waals surface area contributed by atoms with E-state index in [1.807, 2.05) is 18.7 Å². The molecule has 1 fully saturated rings. The van der Waals surface area contributed by atoms with Crippen LogP contribution in [0.15, 0.2) is 18.2 Å². The highest BCUT2D eigenvalue weighted by molar-refractivity contribution is 6.36. The summed E-state index contributed by atoms with van der Waals surface area (Å²) in [5.74, 6) is -0.386. The lowest BCUT2D eigenvalue weighted by Gasteiger charge is -2.26. The van der Waals surface area contributed by atoms with Crippen molar-refractivity contribution in [1.29, 1.82) is 0 Å². The number of hydrogen-bond donors (Lipinski definition) is 6. The Kier molecular flexibility index (Phi) is 9.20. The van der Waals surface area contributed by atoms with Crippen molar-refractivity contribution in [3.05, 3.63) is 51.3 Å². The highest BCUT2D eigenvalue weighted by Crippen LogP contribution is 2.35. The molecule has 0 saturated carbocycles. The second-order valence-electron chi connectivity index (χ2n) is 8.66. The molecule has 0 bridgehead atoms. The van der Waals surface area contributed by atoms with E-state index < -0.39 is 12.5 Å². The highest BCUT2D eigenvalue weighted by atomic mass is 35.5. The van der Waals surface area contributed by atoms with Crippen molar-refractivity contribution in [3.8, 4) is 0 Å². The number of halogens is 4. The van der Waals surface area contributed by atoms with Crippen LogP contribution >= 0.6 is 11.6 Å². The van der Waals surface area contributed by atoms with Gasteiger partial charge in [0.2, 0.25) is 5.91 Å². The molecule has 1 saturated heterocycles. The number of aliphatic hydroxyl groups excluding tert-OH is 1. The topological polar surface area (TPSA) is 147 Å². The lowest BCUT2D eigenvalue weighted by molar-refractivity contribution is -0.275. The van der Waals surface area contributed by atoms with E-state index >= 15 is 0 Å². The number of nitrogens with one attached hydrogen (secondary N) is 4. The summed E-state index contributed by atoms with van der Waals surface area (Å²) in [7, 11) is 0. The third-order valence-corrected chi connectivity index (χ3v) is 6.12. The molecule has 2 aliphatic heterocycles. The van der Waals surface area contributed by atoms with Gasteiger partial charge in [-0.25, -0.2) is 0 Å². The maximum atomic E-state index is 12.8. The predicted molar refractivity (Wildman–Crippen MR) is 134 cm³/mol. The number of fused-ring (bicyclic) bond motifs is 1. The van der Waals surface area contributed by atoms with Crippen molar-refractivity contribution >= 4 is 46.7 Å². The number of amides is 3. The summed E-state index contributed by atoms with van der Waals surface area (Å²) < 4.78 is 32.0. The predicted octanol–water partition coefficient (Wildman–Crippen LogP) is 1.80. The molecule has 6 N–H and O–H groups in total. The molecule has 10 nitrogen and oxygen atoms in total. The Morgan fingerprint density at radius 2 is 1.95 bits per heavy atom. The molecule has 1 aromatic heterocycles. The fourth-order valence-electron chi connectivity index (χ4n) is 4.01. The van der Waals surface area contributed by atoms with E-state index in [-0.39, 0.29) is 17.7 Å². The molecule has 38 heavy (non-hydrogen) atoms. The molecule has 2 aliphatic rings. The zero-order valence-corrected chi connectivity index (χ0v) is 21.3. The quantitative estimate of drug-likeness (QED) is 0.244. The number of H-pyrrole nitrogens is 1. The summed E-state index contributed by atoms with van der Waals surface area (Å²) in [4.78, 5) is 41.9. The van der Waals surface area contributed by atoms with Gasteiger partial charge in [-0.15, -0.1) is 0 Å². The minimum absolute atomic E-state index is 0.00592. The Morgan fingerprint density at radius 1 is 1.26 bits per heavy atom. The van der Waals surface area contributed by atoms with Gasteiger partial charge in [0.25, 0.3) is 18.1 Å². The van der Waals surface area contributed by atoms with Crippen LogP contribution in [0.25, 0.3) is 11.6 Å². The second kappa shape index (κ2) is 12.0. The summed E-state index contributed by atoms with van der Waals surface area (Å²) in [6, 6.07) is 5.25. The third-order valence-electron chi connectivity index (χ3n) is 5.88. The number of aromatic amines is 1. The van der Waals surface area contributed by atoms with E-state index in [1.165, 1.54) is 0 Å². The molecule has 0 aliphatic carbocycles. The fraction of sp³-hybridized carbons (Fsp3) is 0.375. The number of alkyl halides is 3. The van der Waals surface area contributed by atoms with Crippen molar-refractivity contribution in [2.24, 2.45) is 0 Å². The van der Waals surface area contributed by atoms with Crippen LogP contribution in [0.3, 0.4) is 0 Å². The van der Waals surface area contributed by atoms with Gasteiger partial charge >= 0.3 is 6.18 Å². The maximum Gasteiger partial charge on any atom is 0.439 e. The van der Waals surface area contributed by atoms with Crippen LogP contribution in [0.1, 0.15) is 32.9 Å². The molecule has 14 heteroatoms. The molecule has 4 rings (SSSR count). The molecule has 0 atom stereocenters. The summed E-state index contributed by atoms with van der Waals surface area (Å²) >= 11 is 6.10. The number of piperazine rings is 1. The maximum absolute atomic E-state index is 12.8. The van der Waals surface area contributed by atoms with Crippen LogP contribution in [0.4, 0.5) is 18.9 Å². The number of carbonyl (C=O) groups excluding carboxylic acids is 3. The first-order valence-electron chi connectivity index (χ1n) is 11.5. The number of aryl methyl sites for hydroxylation is 1. The number of anilines is 1. The second-order valence-corrected chi connectivity index (χ2v) is 9.10. The van der Waals surface area contributed by atoms with Crippen LogP contribution in [0.2, 0.25) is 5.02 Å². The van der Waals surface area contributed by atoms with E-state index in [0.717, 1.165) is 23.4 Å². The third kappa shape index (κ3) is 7.13. The lowest BCUT2D eigenvalue weighted by Crippen LogP contribution is -2.49. The standard InChI is InChI=1S/C22H24ClN5O3.C2H3F3O2/c1-12-18(10-16-15-9-14(23)3-4-17(15)27-21(16)30)26-13(2)20(12)22(31)25-6-8-28-7-5-24-19(29)11-28;3-2(4,5)1(6)7/h3-4,9-10,26H,5-8,11H2,1-2H3,(H,24,29)(H,25,31)(H,27,30);1,6-7H/b16-10-;. The van der Waals surface area contributed by atoms with Crippen LogP contribution in [0, 0.1) is 13.8 Å². The molecule has 2 aromatic rings. The summed E-state index contributed by atoms with van der Waals surface area (Å²) in [6.07, 6.45) is -6.34. The molecular weight excluding hydrogens is 531 g/mol. The first kappa shape index (κ1) is 29.2. The number of rotatable bonds is 5. The smallest absolute Gasteiger partial charge is 0.361 e. The zero-order valence-electron chi connectivity index (χ0n) is 20.5. The molecule has 0 radical (unpaired) electrons. The summed E-state index contributed by atoms with van der Waals surface area (Å²) in [6.45, 7) is 6.49. The van der Waals surface area contributed by atoms with Gasteiger partial charge in [0, 0.05) is 53.8 Å². The number of carbonyl (C=O) groups is 3. The average molecular weight is 558 g/mol. The van der Waals surface area contributed by atoms with Crippen molar-refractivity contribution in [1.82, 2.24) is 20.5 Å². The zero-order chi connectivity index (χ0) is 28.2. The fourth-order valence-corrected chi connectivity index (χ4v) is 4.18. The van der Waals surface area contributed by atoms with Crippen LogP contribution in [0.5, 0.6) is 0 Å². The van der Waals surface area contributed by atoms with Crippen molar-refractivity contribution in [3.63, 3.8) is 0 Å². The molecular formula is C24H27ClF3N5O5. The SMILES string of the molecule is Cc1[nH]c(/C=C2\C(=O)Nc3ccc(Cl)cc32)c(C)c1C(=O)NCCN1CCNC(=O)C1.OC(O)C(F)(F)F. The van der Waals surface area contributed by atoms with Gasteiger partial charge in [-0.05, 0) is 43.7 Å². The van der Waals surface area contributed by atoms with Gasteiger partial charge in [-0.3, -0.25) is 19.3 Å². The van der Waals surface area contributed by atoms with E-state index in [2.05, 4.69) is 20.9 Å². The molecule has 1 aromatic carbocycles. The van der Waals surface area contributed by atoms with Gasteiger partial charge in [-0.1, -0.05) is 11.6 Å². The normalized spacial score (nSPS) is 16.6. The van der Waals surface area contributed by atoms with Crippen molar-refractivity contribution < 1.29 is 37.8 Å². The van der Waals surface area contributed by atoms with Crippen molar-refractivity contribution in [2.45, 2.75) is 26.3 Å². The molecule has 206 valence electrons. The first-order valence-corrected chi connectivity index (χ1v) is 11.9. The minimum Gasteiger partial charge on any atom is -0.361 e. The molecule has 3 amide bonds.